The average molecular weight is 277 g/mol. The Morgan fingerprint density at radius 3 is 2.55 bits per heavy atom. The summed E-state index contributed by atoms with van der Waals surface area (Å²) in [6.45, 7) is 7.43. The van der Waals surface area contributed by atoms with Gasteiger partial charge in [-0.3, -0.25) is 4.99 Å². The summed E-state index contributed by atoms with van der Waals surface area (Å²) in [5.41, 5.74) is 2.71. The van der Waals surface area contributed by atoms with Gasteiger partial charge in [-0.1, -0.05) is 31.2 Å². The first-order valence-corrected chi connectivity index (χ1v) is 7.40. The molecule has 0 fully saturated rings. The first-order valence-electron chi connectivity index (χ1n) is 7.40. The molecule has 0 unspecified atom stereocenters. The van der Waals surface area contributed by atoms with E-state index in [-0.39, 0.29) is 0 Å². The van der Waals surface area contributed by atoms with Crippen molar-refractivity contribution in [3.05, 3.63) is 35.4 Å². The summed E-state index contributed by atoms with van der Waals surface area (Å²) in [5, 5.41) is 6.64. The molecule has 20 heavy (non-hydrogen) atoms. The van der Waals surface area contributed by atoms with Crippen molar-refractivity contribution in [2.24, 2.45) is 4.99 Å². The van der Waals surface area contributed by atoms with Gasteiger partial charge in [-0.15, -0.1) is 0 Å². The molecule has 0 aliphatic heterocycles. The molecule has 1 rings (SSSR count). The Hall–Kier alpha value is -1.55. The molecule has 112 valence electrons. The molecule has 2 N–H and O–H groups in total. The number of rotatable bonds is 8. The standard InChI is InChI=1S/C16H27N3O/c1-4-14-9-6-7-10-15(14)13-19-16(17-3)18-11-8-12-20-5-2/h6-7,9-10H,4-5,8,11-13H2,1-3H3,(H2,17,18,19). The van der Waals surface area contributed by atoms with E-state index in [0.29, 0.717) is 0 Å². The van der Waals surface area contributed by atoms with Crippen molar-refractivity contribution in [2.45, 2.75) is 33.2 Å². The second kappa shape index (κ2) is 10.3. The lowest BCUT2D eigenvalue weighted by Crippen LogP contribution is -2.37. The number of hydrogen-bond acceptors (Lipinski definition) is 2. The predicted octanol–water partition coefficient (Wildman–Crippen LogP) is 2.34. The van der Waals surface area contributed by atoms with Gasteiger partial charge in [0.05, 0.1) is 0 Å². The second-order valence-corrected chi connectivity index (χ2v) is 4.53. The largest absolute Gasteiger partial charge is 0.382 e. The molecule has 0 amide bonds. The van der Waals surface area contributed by atoms with E-state index >= 15 is 0 Å². The summed E-state index contributed by atoms with van der Waals surface area (Å²) in [6, 6.07) is 8.50. The van der Waals surface area contributed by atoms with Crippen molar-refractivity contribution in [2.75, 3.05) is 26.8 Å². The summed E-state index contributed by atoms with van der Waals surface area (Å²) in [5.74, 6) is 0.840. The zero-order chi connectivity index (χ0) is 14.6. The van der Waals surface area contributed by atoms with Crippen LogP contribution in [-0.2, 0) is 17.7 Å². The molecular weight excluding hydrogens is 250 g/mol. The minimum atomic E-state index is 0.779. The lowest BCUT2D eigenvalue weighted by molar-refractivity contribution is 0.145. The van der Waals surface area contributed by atoms with Crippen LogP contribution in [0.5, 0.6) is 0 Å². The van der Waals surface area contributed by atoms with E-state index in [1.54, 1.807) is 7.05 Å². The van der Waals surface area contributed by atoms with Crippen molar-refractivity contribution >= 4 is 5.96 Å². The highest BCUT2D eigenvalue weighted by Crippen LogP contribution is 2.08. The second-order valence-electron chi connectivity index (χ2n) is 4.53. The first kappa shape index (κ1) is 16.5. The van der Waals surface area contributed by atoms with E-state index in [1.165, 1.54) is 11.1 Å². The molecule has 4 nitrogen and oxygen atoms in total. The predicted molar refractivity (Wildman–Crippen MR) is 85.1 cm³/mol. The highest BCUT2D eigenvalue weighted by molar-refractivity contribution is 5.79. The molecule has 0 aliphatic carbocycles. The number of benzene rings is 1. The van der Waals surface area contributed by atoms with Crippen molar-refractivity contribution in [1.29, 1.82) is 0 Å². The van der Waals surface area contributed by atoms with Crippen LogP contribution in [0.1, 0.15) is 31.4 Å². The van der Waals surface area contributed by atoms with Gasteiger partial charge in [-0.25, -0.2) is 0 Å². The Kier molecular flexibility index (Phi) is 8.47. The fourth-order valence-electron chi connectivity index (χ4n) is 2.00. The minimum absolute atomic E-state index is 0.779. The average Bonchev–Trinajstić information content (AvgIpc) is 2.50. The Morgan fingerprint density at radius 2 is 1.90 bits per heavy atom. The zero-order valence-electron chi connectivity index (χ0n) is 12.9. The summed E-state index contributed by atoms with van der Waals surface area (Å²) >= 11 is 0. The molecule has 0 saturated heterocycles. The number of nitrogens with zero attached hydrogens (tertiary/aromatic N) is 1. The SMILES string of the molecule is CCOCCCNC(=NC)NCc1ccccc1CC. The number of aryl methyl sites for hydroxylation is 1. The topological polar surface area (TPSA) is 45.6 Å². The van der Waals surface area contributed by atoms with E-state index in [9.17, 15) is 0 Å². The van der Waals surface area contributed by atoms with Crippen LogP contribution in [0.4, 0.5) is 0 Å². The normalized spacial score (nSPS) is 11.4. The van der Waals surface area contributed by atoms with Crippen LogP contribution < -0.4 is 10.6 Å². The third-order valence-corrected chi connectivity index (χ3v) is 3.13. The highest BCUT2D eigenvalue weighted by Gasteiger charge is 2.01. The fourth-order valence-corrected chi connectivity index (χ4v) is 2.00. The molecule has 0 radical (unpaired) electrons. The van der Waals surface area contributed by atoms with Gasteiger partial charge in [0.25, 0.3) is 0 Å². The summed E-state index contributed by atoms with van der Waals surface area (Å²) in [6.07, 6.45) is 2.04. The van der Waals surface area contributed by atoms with Gasteiger partial charge in [0.2, 0.25) is 0 Å². The molecule has 0 spiro atoms. The van der Waals surface area contributed by atoms with Gasteiger partial charge in [0, 0.05) is 33.4 Å². The summed E-state index contributed by atoms with van der Waals surface area (Å²) < 4.78 is 5.31. The number of ether oxygens (including phenoxy) is 1. The quantitative estimate of drug-likeness (QED) is 0.435. The van der Waals surface area contributed by atoms with Gasteiger partial charge < -0.3 is 15.4 Å². The summed E-state index contributed by atoms with van der Waals surface area (Å²) in [4.78, 5) is 4.23. The van der Waals surface area contributed by atoms with Crippen LogP contribution in [0.2, 0.25) is 0 Å². The molecule has 0 heterocycles. The summed E-state index contributed by atoms with van der Waals surface area (Å²) in [7, 11) is 1.80. The van der Waals surface area contributed by atoms with E-state index in [1.807, 2.05) is 6.92 Å². The first-order chi connectivity index (χ1) is 9.81. The Labute approximate surface area is 122 Å². The maximum absolute atomic E-state index is 5.31. The third-order valence-electron chi connectivity index (χ3n) is 3.13. The smallest absolute Gasteiger partial charge is 0.191 e. The van der Waals surface area contributed by atoms with Gasteiger partial charge in [-0.2, -0.15) is 0 Å². The molecule has 0 aromatic heterocycles. The van der Waals surface area contributed by atoms with Crippen LogP contribution in [0, 0.1) is 0 Å². The van der Waals surface area contributed by atoms with Crippen molar-refractivity contribution in [3.63, 3.8) is 0 Å². The van der Waals surface area contributed by atoms with Gasteiger partial charge in [-0.05, 0) is 30.9 Å². The van der Waals surface area contributed by atoms with Gasteiger partial charge in [0.15, 0.2) is 5.96 Å². The molecular formula is C16H27N3O. The van der Waals surface area contributed by atoms with Crippen molar-refractivity contribution < 1.29 is 4.74 Å². The Bertz CT molecular complexity index is 404. The highest BCUT2D eigenvalue weighted by atomic mass is 16.5. The molecule has 1 aromatic rings. The Morgan fingerprint density at radius 1 is 1.15 bits per heavy atom. The van der Waals surface area contributed by atoms with Crippen LogP contribution in [0.15, 0.2) is 29.3 Å². The van der Waals surface area contributed by atoms with Crippen molar-refractivity contribution in [3.8, 4) is 0 Å². The Balaban J connectivity index is 2.34. The lowest BCUT2D eigenvalue weighted by Gasteiger charge is -2.13. The third kappa shape index (κ3) is 6.06. The molecule has 4 heteroatoms. The van der Waals surface area contributed by atoms with E-state index in [2.05, 4.69) is 46.8 Å². The molecule has 0 bridgehead atoms. The fraction of sp³-hybridized carbons (Fsp3) is 0.562. The molecule has 0 saturated carbocycles. The van der Waals surface area contributed by atoms with Gasteiger partial charge in [0.1, 0.15) is 0 Å². The van der Waals surface area contributed by atoms with Crippen LogP contribution in [-0.4, -0.2) is 32.8 Å². The molecule has 1 aromatic carbocycles. The lowest BCUT2D eigenvalue weighted by atomic mass is 10.1. The molecule has 0 atom stereocenters. The van der Waals surface area contributed by atoms with Gasteiger partial charge >= 0.3 is 0 Å². The zero-order valence-corrected chi connectivity index (χ0v) is 12.9. The van der Waals surface area contributed by atoms with E-state index in [4.69, 9.17) is 4.74 Å². The maximum atomic E-state index is 5.31. The number of hydrogen-bond donors (Lipinski definition) is 2. The minimum Gasteiger partial charge on any atom is -0.382 e. The number of guanidine groups is 1. The van der Waals surface area contributed by atoms with E-state index in [0.717, 1.165) is 45.1 Å². The monoisotopic (exact) mass is 277 g/mol. The van der Waals surface area contributed by atoms with Crippen molar-refractivity contribution in [1.82, 2.24) is 10.6 Å². The number of aliphatic imine (C=N–C) groups is 1. The van der Waals surface area contributed by atoms with E-state index < -0.39 is 0 Å². The van der Waals surface area contributed by atoms with Crippen LogP contribution >= 0.6 is 0 Å². The number of nitrogens with one attached hydrogen (secondary N) is 2. The van der Waals surface area contributed by atoms with Crippen LogP contribution in [0.25, 0.3) is 0 Å². The van der Waals surface area contributed by atoms with Crippen LogP contribution in [0.3, 0.4) is 0 Å². The molecule has 0 aliphatic rings. The maximum Gasteiger partial charge on any atom is 0.191 e.